The summed E-state index contributed by atoms with van der Waals surface area (Å²) >= 11 is 0. The fourth-order valence-corrected chi connectivity index (χ4v) is 3.50. The van der Waals surface area contributed by atoms with Gasteiger partial charge in [0.25, 0.3) is 0 Å². The molecule has 0 bridgehead atoms. The van der Waals surface area contributed by atoms with Crippen molar-refractivity contribution in [3.05, 3.63) is 47.3 Å². The summed E-state index contributed by atoms with van der Waals surface area (Å²) in [6.07, 6.45) is 9.48. The predicted molar refractivity (Wildman–Crippen MR) is 91.9 cm³/mol. The molecule has 1 unspecified atom stereocenters. The van der Waals surface area contributed by atoms with Crippen LogP contribution in [-0.2, 0) is 13.0 Å². The topological polar surface area (TPSA) is 70.8 Å². The molecule has 124 valence electrons. The van der Waals surface area contributed by atoms with Crippen molar-refractivity contribution in [2.45, 2.75) is 51.6 Å². The SMILES string of the molecule is Cc1nc[nH]c1CN(CCCCN)C1CCCc2cccnc21. The van der Waals surface area contributed by atoms with Gasteiger partial charge < -0.3 is 10.7 Å². The van der Waals surface area contributed by atoms with Crippen LogP contribution in [0.25, 0.3) is 0 Å². The number of nitrogens with one attached hydrogen (secondary N) is 1. The van der Waals surface area contributed by atoms with Crippen molar-refractivity contribution in [1.29, 1.82) is 0 Å². The zero-order chi connectivity index (χ0) is 16.1. The van der Waals surface area contributed by atoms with Crippen LogP contribution in [-0.4, -0.2) is 32.9 Å². The van der Waals surface area contributed by atoms with Crippen LogP contribution in [0.5, 0.6) is 0 Å². The van der Waals surface area contributed by atoms with Gasteiger partial charge in [-0.1, -0.05) is 6.07 Å². The molecule has 0 spiro atoms. The van der Waals surface area contributed by atoms with E-state index < -0.39 is 0 Å². The van der Waals surface area contributed by atoms with Gasteiger partial charge in [-0.2, -0.15) is 0 Å². The van der Waals surface area contributed by atoms with Crippen LogP contribution < -0.4 is 5.73 Å². The van der Waals surface area contributed by atoms with Crippen molar-refractivity contribution in [1.82, 2.24) is 19.9 Å². The van der Waals surface area contributed by atoms with Crippen molar-refractivity contribution in [2.75, 3.05) is 13.1 Å². The number of unbranched alkanes of at least 4 members (excludes halogenated alkanes) is 1. The summed E-state index contributed by atoms with van der Waals surface area (Å²) in [6, 6.07) is 4.69. The summed E-state index contributed by atoms with van der Waals surface area (Å²) in [5.41, 5.74) is 10.7. The van der Waals surface area contributed by atoms with E-state index >= 15 is 0 Å². The number of pyridine rings is 1. The lowest BCUT2D eigenvalue weighted by Gasteiger charge is -2.35. The van der Waals surface area contributed by atoms with Gasteiger partial charge in [0.15, 0.2) is 0 Å². The second-order valence-electron chi connectivity index (χ2n) is 6.39. The van der Waals surface area contributed by atoms with Gasteiger partial charge in [-0.3, -0.25) is 9.88 Å². The predicted octanol–water partition coefficient (Wildman–Crippen LogP) is 2.73. The highest BCUT2D eigenvalue weighted by Gasteiger charge is 2.27. The van der Waals surface area contributed by atoms with Gasteiger partial charge in [0.1, 0.15) is 0 Å². The van der Waals surface area contributed by atoms with Crippen molar-refractivity contribution in [3.63, 3.8) is 0 Å². The largest absolute Gasteiger partial charge is 0.347 e. The Morgan fingerprint density at radius 3 is 3.04 bits per heavy atom. The van der Waals surface area contributed by atoms with Gasteiger partial charge in [0.2, 0.25) is 0 Å². The summed E-state index contributed by atoms with van der Waals surface area (Å²) in [4.78, 5) is 14.9. The molecule has 23 heavy (non-hydrogen) atoms. The first kappa shape index (κ1) is 16.1. The van der Waals surface area contributed by atoms with E-state index in [-0.39, 0.29) is 0 Å². The molecule has 3 N–H and O–H groups in total. The molecule has 1 aliphatic rings. The van der Waals surface area contributed by atoms with Gasteiger partial charge in [-0.15, -0.1) is 0 Å². The molecule has 5 nitrogen and oxygen atoms in total. The molecule has 2 heterocycles. The minimum absolute atomic E-state index is 0.403. The lowest BCUT2D eigenvalue weighted by Crippen LogP contribution is -2.33. The second kappa shape index (κ2) is 7.70. The molecule has 5 heteroatoms. The standard InChI is InChI=1S/C18H27N5/c1-14-16(22-13-21-14)12-23(11-3-2-9-19)17-8-4-6-15-7-5-10-20-18(15)17/h5,7,10,13,17H,2-4,6,8-9,11-12,19H2,1H3,(H,21,22). The number of hydrogen-bond acceptors (Lipinski definition) is 4. The number of nitrogens with two attached hydrogens (primary N) is 1. The zero-order valence-electron chi connectivity index (χ0n) is 14.0. The number of imidazole rings is 1. The summed E-state index contributed by atoms with van der Waals surface area (Å²) in [5.74, 6) is 0. The van der Waals surface area contributed by atoms with Crippen molar-refractivity contribution in [3.8, 4) is 0 Å². The van der Waals surface area contributed by atoms with Gasteiger partial charge in [0, 0.05) is 12.7 Å². The summed E-state index contributed by atoms with van der Waals surface area (Å²) < 4.78 is 0. The zero-order valence-corrected chi connectivity index (χ0v) is 14.0. The van der Waals surface area contributed by atoms with E-state index in [0.29, 0.717) is 6.04 Å². The number of nitrogens with zero attached hydrogens (tertiary/aromatic N) is 3. The maximum atomic E-state index is 5.68. The lowest BCUT2D eigenvalue weighted by molar-refractivity contribution is 0.161. The quantitative estimate of drug-likeness (QED) is 0.771. The molecule has 0 amide bonds. The van der Waals surface area contributed by atoms with Gasteiger partial charge >= 0.3 is 0 Å². The van der Waals surface area contributed by atoms with Crippen LogP contribution in [0, 0.1) is 6.92 Å². The average Bonchev–Trinajstić information content (AvgIpc) is 2.98. The molecule has 0 radical (unpaired) electrons. The monoisotopic (exact) mass is 313 g/mol. The summed E-state index contributed by atoms with van der Waals surface area (Å²) in [6.45, 7) is 4.78. The van der Waals surface area contributed by atoms with Crippen molar-refractivity contribution < 1.29 is 0 Å². The van der Waals surface area contributed by atoms with Gasteiger partial charge in [0.05, 0.1) is 29.5 Å². The van der Waals surface area contributed by atoms with E-state index in [9.17, 15) is 0 Å². The Morgan fingerprint density at radius 2 is 2.26 bits per heavy atom. The fourth-order valence-electron chi connectivity index (χ4n) is 3.50. The number of rotatable bonds is 7. The minimum atomic E-state index is 0.403. The van der Waals surface area contributed by atoms with Gasteiger partial charge in [-0.05, 0) is 63.7 Å². The Bertz CT molecular complexity index is 621. The molecule has 2 aromatic rings. The molecule has 3 rings (SSSR count). The average molecular weight is 313 g/mol. The molecule has 1 atom stereocenters. The number of fused-ring (bicyclic) bond motifs is 1. The van der Waals surface area contributed by atoms with E-state index in [4.69, 9.17) is 10.7 Å². The Morgan fingerprint density at radius 1 is 1.35 bits per heavy atom. The highest BCUT2D eigenvalue weighted by atomic mass is 15.2. The first-order chi connectivity index (χ1) is 11.3. The number of aryl methyl sites for hydroxylation is 2. The van der Waals surface area contributed by atoms with E-state index in [1.165, 1.54) is 29.8 Å². The summed E-state index contributed by atoms with van der Waals surface area (Å²) in [5, 5.41) is 0. The van der Waals surface area contributed by atoms with Crippen LogP contribution in [0.15, 0.2) is 24.7 Å². The maximum absolute atomic E-state index is 5.68. The molecule has 0 saturated carbocycles. The van der Waals surface area contributed by atoms with Crippen molar-refractivity contribution >= 4 is 0 Å². The Hall–Kier alpha value is -1.72. The third kappa shape index (κ3) is 3.79. The molecule has 2 aromatic heterocycles. The molecule has 1 aliphatic carbocycles. The minimum Gasteiger partial charge on any atom is -0.347 e. The molecule has 0 aromatic carbocycles. The normalized spacial score (nSPS) is 17.4. The third-order valence-corrected chi connectivity index (χ3v) is 4.80. The molecule has 0 aliphatic heterocycles. The van der Waals surface area contributed by atoms with Crippen LogP contribution >= 0.6 is 0 Å². The highest BCUT2D eigenvalue weighted by Crippen LogP contribution is 2.33. The number of hydrogen-bond donors (Lipinski definition) is 2. The van der Waals surface area contributed by atoms with Gasteiger partial charge in [-0.25, -0.2) is 4.98 Å². The van der Waals surface area contributed by atoms with E-state index in [1.807, 2.05) is 6.20 Å². The van der Waals surface area contributed by atoms with E-state index in [0.717, 1.165) is 44.6 Å². The number of aromatic amines is 1. The van der Waals surface area contributed by atoms with Crippen LogP contribution in [0.4, 0.5) is 0 Å². The smallest absolute Gasteiger partial charge is 0.0925 e. The van der Waals surface area contributed by atoms with Crippen molar-refractivity contribution in [2.24, 2.45) is 5.73 Å². The first-order valence-electron chi connectivity index (χ1n) is 8.66. The van der Waals surface area contributed by atoms with Crippen LogP contribution in [0.1, 0.15) is 54.4 Å². The first-order valence-corrected chi connectivity index (χ1v) is 8.66. The number of aromatic nitrogens is 3. The van der Waals surface area contributed by atoms with Crippen LogP contribution in [0.2, 0.25) is 0 Å². The second-order valence-corrected chi connectivity index (χ2v) is 6.39. The summed E-state index contributed by atoms with van der Waals surface area (Å²) in [7, 11) is 0. The molecular formula is C18H27N5. The molecule has 0 fully saturated rings. The molecule has 0 saturated heterocycles. The van der Waals surface area contributed by atoms with E-state index in [2.05, 4.69) is 33.9 Å². The fraction of sp³-hybridized carbons (Fsp3) is 0.556. The molecular weight excluding hydrogens is 286 g/mol. The van der Waals surface area contributed by atoms with E-state index in [1.54, 1.807) is 6.33 Å². The number of H-pyrrole nitrogens is 1. The Balaban J connectivity index is 1.81. The third-order valence-electron chi connectivity index (χ3n) is 4.80. The Kier molecular flexibility index (Phi) is 5.41. The lowest BCUT2D eigenvalue weighted by atomic mass is 9.90. The maximum Gasteiger partial charge on any atom is 0.0925 e. The van der Waals surface area contributed by atoms with Crippen LogP contribution in [0.3, 0.4) is 0 Å². The highest BCUT2D eigenvalue weighted by molar-refractivity contribution is 5.26. The Labute approximate surface area is 138 Å².